The molecule has 0 aliphatic rings. The number of nitrogens with one attached hydrogen (secondary N) is 3. The predicted octanol–water partition coefficient (Wildman–Crippen LogP) is 7.96. The molecule has 0 fully saturated rings. The van der Waals surface area contributed by atoms with E-state index in [0.29, 0.717) is 36.3 Å². The fourth-order valence-corrected chi connectivity index (χ4v) is 4.65. The zero-order chi connectivity index (χ0) is 28.6. The first-order chi connectivity index (χ1) is 19.0. The molecule has 0 aliphatic heterocycles. The van der Waals surface area contributed by atoms with Crippen molar-refractivity contribution in [3.05, 3.63) is 34.9 Å². The molecule has 0 bridgehead atoms. The Bertz CT molecular complexity index is 692. The minimum atomic E-state index is -0.237. The number of benzene rings is 1. The van der Waals surface area contributed by atoms with Gasteiger partial charge in [0.1, 0.15) is 0 Å². The van der Waals surface area contributed by atoms with Gasteiger partial charge < -0.3 is 16.0 Å². The molecule has 1 aromatic carbocycles. The van der Waals surface area contributed by atoms with Crippen LogP contribution in [0.3, 0.4) is 0 Å². The molecule has 0 aromatic heterocycles. The highest BCUT2D eigenvalue weighted by molar-refractivity contribution is 6.04. The number of unbranched alkanes of at least 4 members (excludes halogenated alkanes) is 15. The summed E-state index contributed by atoms with van der Waals surface area (Å²) in [6.07, 6.45) is 20.7. The molecular formula is C33H57N3O3. The summed E-state index contributed by atoms with van der Waals surface area (Å²) in [5, 5.41) is 8.92. The Kier molecular flexibility index (Phi) is 20.9. The lowest BCUT2D eigenvalue weighted by Crippen LogP contribution is -2.29. The van der Waals surface area contributed by atoms with E-state index in [-0.39, 0.29) is 17.7 Å². The molecule has 0 spiro atoms. The number of hydrogen-bond donors (Lipinski definition) is 3. The van der Waals surface area contributed by atoms with Crippen molar-refractivity contribution < 1.29 is 14.4 Å². The van der Waals surface area contributed by atoms with Gasteiger partial charge >= 0.3 is 0 Å². The standard InChI is InChI=1S/C33H57N3O3/c1-4-7-10-13-16-19-22-34-31(37)28-25-29(32(38)35-23-20-17-14-11-8-5-2)27-30(26-28)33(39)36-24-21-18-15-12-9-6-3/h25-27H,4-24H2,1-3H3,(H,34,37)(H,35,38)(H,36,39). The van der Waals surface area contributed by atoms with Crippen molar-refractivity contribution in [1.82, 2.24) is 16.0 Å². The van der Waals surface area contributed by atoms with Gasteiger partial charge in [0.25, 0.3) is 17.7 Å². The van der Waals surface area contributed by atoms with Gasteiger partial charge in [-0.05, 0) is 37.5 Å². The summed E-state index contributed by atoms with van der Waals surface area (Å²) in [5.74, 6) is -0.711. The highest BCUT2D eigenvalue weighted by Gasteiger charge is 2.16. The van der Waals surface area contributed by atoms with Crippen molar-refractivity contribution in [3.63, 3.8) is 0 Å². The monoisotopic (exact) mass is 543 g/mol. The van der Waals surface area contributed by atoms with Crippen LogP contribution in [0, 0.1) is 0 Å². The second-order valence-electron chi connectivity index (χ2n) is 10.9. The van der Waals surface area contributed by atoms with Crippen LogP contribution in [-0.2, 0) is 0 Å². The summed E-state index contributed by atoms with van der Waals surface area (Å²) in [6, 6.07) is 4.83. The molecule has 0 saturated heterocycles. The van der Waals surface area contributed by atoms with Gasteiger partial charge in [-0.15, -0.1) is 0 Å². The van der Waals surface area contributed by atoms with Gasteiger partial charge in [-0.3, -0.25) is 14.4 Å². The van der Waals surface area contributed by atoms with E-state index in [1.54, 1.807) is 18.2 Å². The average Bonchev–Trinajstić information content (AvgIpc) is 2.95. The highest BCUT2D eigenvalue weighted by atomic mass is 16.2. The van der Waals surface area contributed by atoms with Crippen molar-refractivity contribution in [2.75, 3.05) is 19.6 Å². The molecule has 0 atom stereocenters. The minimum absolute atomic E-state index is 0.237. The third kappa shape index (κ3) is 17.0. The van der Waals surface area contributed by atoms with Crippen LogP contribution in [0.5, 0.6) is 0 Å². The Morgan fingerprint density at radius 3 is 0.897 bits per heavy atom. The van der Waals surface area contributed by atoms with Crippen LogP contribution in [0.1, 0.15) is 167 Å². The Morgan fingerprint density at radius 1 is 0.410 bits per heavy atom. The molecule has 1 aromatic rings. The van der Waals surface area contributed by atoms with Gasteiger partial charge in [0, 0.05) is 36.3 Å². The van der Waals surface area contributed by atoms with Crippen molar-refractivity contribution >= 4 is 17.7 Å². The van der Waals surface area contributed by atoms with Gasteiger partial charge in [-0.25, -0.2) is 0 Å². The van der Waals surface area contributed by atoms with E-state index in [4.69, 9.17) is 0 Å². The van der Waals surface area contributed by atoms with Crippen molar-refractivity contribution in [2.24, 2.45) is 0 Å². The summed E-state index contributed by atoms with van der Waals surface area (Å²) in [6.45, 7) is 8.39. The van der Waals surface area contributed by atoms with Crippen LogP contribution in [0.2, 0.25) is 0 Å². The lowest BCUT2D eigenvalue weighted by atomic mass is 10.0. The zero-order valence-corrected chi connectivity index (χ0v) is 25.3. The minimum Gasteiger partial charge on any atom is -0.352 e. The van der Waals surface area contributed by atoms with E-state index in [0.717, 1.165) is 38.5 Å². The SMILES string of the molecule is CCCCCCCCNC(=O)c1cc(C(=O)NCCCCCCCC)cc(C(=O)NCCCCCCCC)c1. The zero-order valence-electron chi connectivity index (χ0n) is 25.3. The van der Waals surface area contributed by atoms with E-state index >= 15 is 0 Å². The summed E-state index contributed by atoms with van der Waals surface area (Å²) in [7, 11) is 0. The van der Waals surface area contributed by atoms with Crippen molar-refractivity contribution in [1.29, 1.82) is 0 Å². The van der Waals surface area contributed by atoms with Gasteiger partial charge in [0.15, 0.2) is 0 Å². The first-order valence-corrected chi connectivity index (χ1v) is 16.0. The highest BCUT2D eigenvalue weighted by Crippen LogP contribution is 2.13. The van der Waals surface area contributed by atoms with Gasteiger partial charge in [0.2, 0.25) is 0 Å². The topological polar surface area (TPSA) is 87.3 Å². The number of carbonyl (C=O) groups is 3. The molecule has 6 nitrogen and oxygen atoms in total. The second kappa shape index (κ2) is 23.5. The molecule has 0 heterocycles. The maximum absolute atomic E-state index is 12.9. The average molecular weight is 544 g/mol. The first-order valence-electron chi connectivity index (χ1n) is 16.0. The van der Waals surface area contributed by atoms with E-state index < -0.39 is 0 Å². The quantitative estimate of drug-likeness (QED) is 0.116. The maximum atomic E-state index is 12.9. The predicted molar refractivity (Wildman–Crippen MR) is 164 cm³/mol. The molecule has 1 rings (SSSR count). The van der Waals surface area contributed by atoms with Crippen molar-refractivity contribution in [2.45, 2.75) is 136 Å². The summed E-state index contributed by atoms with van der Waals surface area (Å²) in [4.78, 5) is 38.8. The summed E-state index contributed by atoms with van der Waals surface area (Å²) >= 11 is 0. The van der Waals surface area contributed by atoms with E-state index in [2.05, 4.69) is 36.7 Å². The second-order valence-corrected chi connectivity index (χ2v) is 10.9. The lowest BCUT2D eigenvalue weighted by Gasteiger charge is -2.12. The van der Waals surface area contributed by atoms with Gasteiger partial charge in [-0.1, -0.05) is 117 Å². The fourth-order valence-electron chi connectivity index (χ4n) is 4.65. The van der Waals surface area contributed by atoms with Gasteiger partial charge in [-0.2, -0.15) is 0 Å². The largest absolute Gasteiger partial charge is 0.352 e. The fraction of sp³-hybridized carbons (Fsp3) is 0.727. The lowest BCUT2D eigenvalue weighted by molar-refractivity contribution is 0.0952. The number of rotatable bonds is 24. The Hall–Kier alpha value is -2.37. The third-order valence-corrected chi connectivity index (χ3v) is 7.17. The summed E-state index contributed by atoms with van der Waals surface area (Å²) < 4.78 is 0. The van der Waals surface area contributed by atoms with Crippen LogP contribution in [0.4, 0.5) is 0 Å². The van der Waals surface area contributed by atoms with Crippen molar-refractivity contribution in [3.8, 4) is 0 Å². The van der Waals surface area contributed by atoms with Crippen LogP contribution in [0.25, 0.3) is 0 Å². The Morgan fingerprint density at radius 2 is 0.641 bits per heavy atom. The number of amides is 3. The molecular weight excluding hydrogens is 486 g/mol. The first kappa shape index (κ1) is 34.7. The molecule has 6 heteroatoms. The van der Waals surface area contributed by atoms with Gasteiger partial charge in [0.05, 0.1) is 0 Å². The smallest absolute Gasteiger partial charge is 0.251 e. The molecule has 222 valence electrons. The molecule has 0 unspecified atom stereocenters. The number of carbonyl (C=O) groups excluding carboxylic acids is 3. The van der Waals surface area contributed by atoms with E-state index in [1.807, 2.05) is 0 Å². The third-order valence-electron chi connectivity index (χ3n) is 7.17. The van der Waals surface area contributed by atoms with Crippen LogP contribution in [0.15, 0.2) is 18.2 Å². The normalized spacial score (nSPS) is 10.8. The summed E-state index contributed by atoms with van der Waals surface area (Å²) in [5.41, 5.74) is 1.08. The van der Waals surface area contributed by atoms with E-state index in [9.17, 15) is 14.4 Å². The molecule has 0 radical (unpaired) electrons. The Labute approximate surface area is 238 Å². The Balaban J connectivity index is 2.72. The number of hydrogen-bond acceptors (Lipinski definition) is 3. The molecule has 39 heavy (non-hydrogen) atoms. The van der Waals surface area contributed by atoms with Crippen LogP contribution < -0.4 is 16.0 Å². The van der Waals surface area contributed by atoms with E-state index in [1.165, 1.54) is 77.0 Å². The van der Waals surface area contributed by atoms with Crippen LogP contribution in [-0.4, -0.2) is 37.4 Å². The maximum Gasteiger partial charge on any atom is 0.251 e. The molecule has 0 aliphatic carbocycles. The molecule has 3 amide bonds. The van der Waals surface area contributed by atoms with Crippen LogP contribution >= 0.6 is 0 Å². The molecule has 0 saturated carbocycles. The molecule has 3 N–H and O–H groups in total.